The van der Waals surface area contributed by atoms with Crippen LogP contribution in [0.5, 0.6) is 0 Å². The van der Waals surface area contributed by atoms with Crippen LogP contribution < -0.4 is 20.4 Å². The molecule has 3 N–H and O–H groups in total. The molecule has 42 heavy (non-hydrogen) atoms. The first-order chi connectivity index (χ1) is 20.6. The average molecular weight is 567 g/mol. The Labute approximate surface area is 244 Å². The predicted octanol–water partition coefficient (Wildman–Crippen LogP) is 3.31. The third-order valence-electron chi connectivity index (χ3n) is 7.66. The summed E-state index contributed by atoms with van der Waals surface area (Å²) in [6.45, 7) is 8.11. The van der Waals surface area contributed by atoms with E-state index in [1.165, 1.54) is 6.08 Å². The highest BCUT2D eigenvalue weighted by Crippen LogP contribution is 2.30. The van der Waals surface area contributed by atoms with E-state index in [4.69, 9.17) is 4.74 Å². The molecule has 11 heteroatoms. The topological polar surface area (TPSA) is 128 Å². The number of rotatable bonds is 8. The van der Waals surface area contributed by atoms with Crippen LogP contribution in [0.1, 0.15) is 18.5 Å². The van der Waals surface area contributed by atoms with E-state index < -0.39 is 0 Å². The smallest absolute Gasteiger partial charge is 0.243 e. The summed E-state index contributed by atoms with van der Waals surface area (Å²) in [5.74, 6) is 0.612. The van der Waals surface area contributed by atoms with Gasteiger partial charge in [0.05, 0.1) is 30.7 Å². The third kappa shape index (κ3) is 6.26. The van der Waals surface area contributed by atoms with Crippen LogP contribution in [0.4, 0.5) is 17.2 Å². The van der Waals surface area contributed by atoms with Crippen LogP contribution in [0, 0.1) is 0 Å². The second-order valence-corrected chi connectivity index (χ2v) is 10.5. The zero-order chi connectivity index (χ0) is 28.9. The summed E-state index contributed by atoms with van der Waals surface area (Å²) in [7, 11) is 0. The SMILES string of the molecule is C=CC(=O)NC1CCCN(c2ccnc(CC(=O)Nc3ccc(-c4cc5c(N6CCOCC6)ncnc5[nH]4)cc3)c2)C1. The van der Waals surface area contributed by atoms with Gasteiger partial charge in [-0.1, -0.05) is 18.7 Å². The zero-order valence-corrected chi connectivity index (χ0v) is 23.4. The van der Waals surface area contributed by atoms with Gasteiger partial charge in [-0.25, -0.2) is 9.97 Å². The number of H-pyrrole nitrogens is 1. The molecule has 0 aliphatic carbocycles. The number of carbonyl (C=O) groups excluding carboxylic acids is 2. The second-order valence-electron chi connectivity index (χ2n) is 10.5. The molecule has 5 heterocycles. The number of piperidine rings is 1. The van der Waals surface area contributed by atoms with Crippen molar-refractivity contribution in [3.8, 4) is 11.3 Å². The number of hydrogen-bond donors (Lipinski definition) is 3. The maximum Gasteiger partial charge on any atom is 0.243 e. The van der Waals surface area contributed by atoms with Crippen LogP contribution in [0.25, 0.3) is 22.3 Å². The summed E-state index contributed by atoms with van der Waals surface area (Å²) >= 11 is 0. The first-order valence-electron chi connectivity index (χ1n) is 14.3. The van der Waals surface area contributed by atoms with Crippen molar-refractivity contribution in [2.45, 2.75) is 25.3 Å². The Hall–Kier alpha value is -4.77. The highest BCUT2D eigenvalue weighted by molar-refractivity contribution is 5.94. The van der Waals surface area contributed by atoms with Crippen molar-refractivity contribution in [1.82, 2.24) is 25.3 Å². The normalized spacial score (nSPS) is 17.2. The summed E-state index contributed by atoms with van der Waals surface area (Å²) in [5, 5.41) is 6.94. The van der Waals surface area contributed by atoms with Gasteiger partial charge in [-0.15, -0.1) is 0 Å². The molecule has 2 fully saturated rings. The second kappa shape index (κ2) is 12.4. The van der Waals surface area contributed by atoms with Crippen LogP contribution in [0.3, 0.4) is 0 Å². The first-order valence-corrected chi connectivity index (χ1v) is 14.3. The van der Waals surface area contributed by atoms with Crippen molar-refractivity contribution in [3.63, 3.8) is 0 Å². The van der Waals surface area contributed by atoms with E-state index in [0.717, 1.165) is 66.3 Å². The number of aromatic amines is 1. The summed E-state index contributed by atoms with van der Waals surface area (Å²) in [6.07, 6.45) is 6.67. The molecule has 0 saturated carbocycles. The highest BCUT2D eigenvalue weighted by atomic mass is 16.5. The number of amides is 2. The highest BCUT2D eigenvalue weighted by Gasteiger charge is 2.22. The minimum atomic E-state index is -0.157. The fourth-order valence-electron chi connectivity index (χ4n) is 5.56. The van der Waals surface area contributed by atoms with Gasteiger partial charge < -0.3 is 30.2 Å². The Morgan fingerprint density at radius 2 is 1.88 bits per heavy atom. The Kier molecular flexibility index (Phi) is 8.09. The number of nitrogens with zero attached hydrogens (tertiary/aromatic N) is 5. The number of hydrogen-bond acceptors (Lipinski definition) is 8. The van der Waals surface area contributed by atoms with Crippen LogP contribution in [0.15, 0.2) is 67.6 Å². The number of anilines is 3. The number of nitrogens with one attached hydrogen (secondary N) is 3. The summed E-state index contributed by atoms with van der Waals surface area (Å²) in [6, 6.07) is 13.8. The lowest BCUT2D eigenvalue weighted by Crippen LogP contribution is -2.47. The monoisotopic (exact) mass is 566 g/mol. The van der Waals surface area contributed by atoms with Gasteiger partial charge >= 0.3 is 0 Å². The molecular formula is C31H34N8O3. The van der Waals surface area contributed by atoms with Gasteiger partial charge in [-0.3, -0.25) is 14.6 Å². The van der Waals surface area contributed by atoms with E-state index >= 15 is 0 Å². The van der Waals surface area contributed by atoms with Gasteiger partial charge in [-0.05, 0) is 54.8 Å². The molecule has 0 bridgehead atoms. The number of morpholine rings is 1. The standard InChI is InChI=1S/C31H34N8O3/c1-2-28(40)36-23-4-3-11-39(19-23)25-9-10-32-24(16-25)17-29(41)35-22-7-5-21(6-8-22)27-18-26-30(37-27)33-20-34-31(26)38-12-14-42-15-13-38/h2,5-10,16,18,20,23H,1,3-4,11-15,17,19H2,(H,35,41)(H,36,40)(H,33,34,37). The van der Waals surface area contributed by atoms with Crippen molar-refractivity contribution < 1.29 is 14.3 Å². The van der Waals surface area contributed by atoms with Gasteiger partial charge in [-0.2, -0.15) is 0 Å². The third-order valence-corrected chi connectivity index (χ3v) is 7.66. The predicted molar refractivity (Wildman–Crippen MR) is 163 cm³/mol. The molecule has 0 radical (unpaired) electrons. The maximum absolute atomic E-state index is 12.9. The molecule has 1 unspecified atom stereocenters. The molecule has 0 spiro atoms. The Morgan fingerprint density at radius 3 is 2.69 bits per heavy atom. The fourth-order valence-corrected chi connectivity index (χ4v) is 5.56. The van der Waals surface area contributed by atoms with Crippen LogP contribution in [0.2, 0.25) is 0 Å². The van der Waals surface area contributed by atoms with Gasteiger partial charge in [0.15, 0.2) is 0 Å². The summed E-state index contributed by atoms with van der Waals surface area (Å²) in [4.78, 5) is 45.8. The van der Waals surface area contributed by atoms with E-state index in [0.29, 0.717) is 31.1 Å². The van der Waals surface area contributed by atoms with Crippen molar-refractivity contribution in [3.05, 3.63) is 73.3 Å². The number of pyridine rings is 1. The fraction of sp³-hybridized carbons (Fsp3) is 0.323. The van der Waals surface area contributed by atoms with Crippen molar-refractivity contribution in [1.29, 1.82) is 0 Å². The lowest BCUT2D eigenvalue weighted by atomic mass is 10.0. The minimum Gasteiger partial charge on any atom is -0.378 e. The van der Waals surface area contributed by atoms with Crippen molar-refractivity contribution in [2.75, 3.05) is 54.5 Å². The van der Waals surface area contributed by atoms with E-state index in [9.17, 15) is 9.59 Å². The molecule has 11 nitrogen and oxygen atoms in total. The molecule has 4 aromatic rings. The Bertz CT molecular complexity index is 1580. The van der Waals surface area contributed by atoms with E-state index in [1.807, 2.05) is 36.4 Å². The molecule has 6 rings (SSSR count). The van der Waals surface area contributed by atoms with Crippen LogP contribution >= 0.6 is 0 Å². The molecule has 2 amide bonds. The van der Waals surface area contributed by atoms with Crippen LogP contribution in [-0.4, -0.2) is 77.2 Å². The number of benzene rings is 1. The molecular weight excluding hydrogens is 532 g/mol. The molecule has 216 valence electrons. The molecule has 2 aliphatic rings. The van der Waals surface area contributed by atoms with Gasteiger partial charge in [0.1, 0.15) is 17.8 Å². The van der Waals surface area contributed by atoms with Crippen molar-refractivity contribution >= 4 is 40.0 Å². The van der Waals surface area contributed by atoms with E-state index in [-0.39, 0.29) is 24.3 Å². The molecule has 3 aromatic heterocycles. The largest absolute Gasteiger partial charge is 0.378 e. The maximum atomic E-state index is 12.9. The lowest BCUT2D eigenvalue weighted by Gasteiger charge is -2.34. The van der Waals surface area contributed by atoms with E-state index in [2.05, 4.69) is 53.0 Å². The molecule has 2 aliphatic heterocycles. The number of aromatic nitrogens is 4. The zero-order valence-electron chi connectivity index (χ0n) is 23.4. The average Bonchev–Trinajstić information content (AvgIpc) is 3.47. The Morgan fingerprint density at radius 1 is 1.05 bits per heavy atom. The van der Waals surface area contributed by atoms with Gasteiger partial charge in [0, 0.05) is 55.5 Å². The van der Waals surface area contributed by atoms with E-state index in [1.54, 1.807) is 12.5 Å². The Balaban J connectivity index is 1.08. The van der Waals surface area contributed by atoms with Crippen LogP contribution in [-0.2, 0) is 20.7 Å². The minimum absolute atomic E-state index is 0.0660. The van der Waals surface area contributed by atoms with Gasteiger partial charge in [0.2, 0.25) is 11.8 Å². The number of carbonyl (C=O) groups is 2. The van der Waals surface area contributed by atoms with Crippen molar-refractivity contribution in [2.24, 2.45) is 0 Å². The lowest BCUT2D eigenvalue weighted by molar-refractivity contribution is -0.117. The quantitative estimate of drug-likeness (QED) is 0.277. The number of ether oxygens (including phenoxy) is 1. The molecule has 2 saturated heterocycles. The molecule has 1 aromatic carbocycles. The summed E-state index contributed by atoms with van der Waals surface area (Å²) in [5.41, 5.74) is 5.10. The van der Waals surface area contributed by atoms with Gasteiger partial charge in [0.25, 0.3) is 0 Å². The number of fused-ring (bicyclic) bond motifs is 1. The summed E-state index contributed by atoms with van der Waals surface area (Å²) < 4.78 is 5.48. The first kappa shape index (κ1) is 27.4. The molecule has 1 atom stereocenters.